The minimum atomic E-state index is -0.141. The number of aromatic nitrogens is 2. The average Bonchev–Trinajstić information content (AvgIpc) is 3.16. The number of nitrogens with zero attached hydrogens (tertiary/aromatic N) is 2. The highest BCUT2D eigenvalue weighted by molar-refractivity contribution is 5.93. The zero-order valence-electron chi connectivity index (χ0n) is 16.4. The van der Waals surface area contributed by atoms with Gasteiger partial charge in [0.15, 0.2) is 5.82 Å². The van der Waals surface area contributed by atoms with Crippen molar-refractivity contribution < 1.29 is 9.21 Å². The fraction of sp³-hybridized carbons (Fsp3) is 0.348. The second-order valence-electron chi connectivity index (χ2n) is 7.42. The number of anilines is 1. The van der Waals surface area contributed by atoms with Gasteiger partial charge in [0.2, 0.25) is 0 Å². The van der Waals surface area contributed by atoms with Crippen LogP contribution in [0.25, 0.3) is 11.4 Å². The predicted octanol–water partition coefficient (Wildman–Crippen LogP) is 4.80. The van der Waals surface area contributed by atoms with E-state index in [-0.39, 0.29) is 11.9 Å². The summed E-state index contributed by atoms with van der Waals surface area (Å²) in [7, 11) is 0. The van der Waals surface area contributed by atoms with E-state index in [1.807, 2.05) is 42.5 Å². The van der Waals surface area contributed by atoms with Gasteiger partial charge < -0.3 is 15.1 Å². The van der Waals surface area contributed by atoms with Crippen molar-refractivity contribution in [1.82, 2.24) is 15.3 Å². The maximum atomic E-state index is 12.9. The summed E-state index contributed by atoms with van der Waals surface area (Å²) in [5.41, 5.74) is 1.25. The van der Waals surface area contributed by atoms with Gasteiger partial charge in [-0.2, -0.15) is 0 Å². The summed E-state index contributed by atoms with van der Waals surface area (Å²) in [5, 5.41) is 6.42. The van der Waals surface area contributed by atoms with Crippen molar-refractivity contribution in [3.8, 4) is 11.4 Å². The van der Waals surface area contributed by atoms with E-state index in [0.29, 0.717) is 23.9 Å². The smallest absolute Gasteiger partial charge is 0.270 e. The van der Waals surface area contributed by atoms with Crippen LogP contribution in [-0.4, -0.2) is 21.9 Å². The van der Waals surface area contributed by atoms with Gasteiger partial charge in [-0.3, -0.25) is 4.79 Å². The molecule has 2 aromatic heterocycles. The van der Waals surface area contributed by atoms with E-state index in [1.54, 1.807) is 12.3 Å². The number of amides is 1. The Morgan fingerprint density at radius 3 is 2.52 bits per heavy atom. The highest BCUT2D eigenvalue weighted by Gasteiger charge is 2.18. The fourth-order valence-electron chi connectivity index (χ4n) is 3.64. The summed E-state index contributed by atoms with van der Waals surface area (Å²) >= 11 is 0. The van der Waals surface area contributed by atoms with E-state index < -0.39 is 0 Å². The molecule has 150 valence electrons. The number of nitrogens with one attached hydrogen (secondary N) is 2. The van der Waals surface area contributed by atoms with Crippen molar-refractivity contribution in [2.24, 2.45) is 0 Å². The average molecular weight is 390 g/mol. The van der Waals surface area contributed by atoms with Crippen molar-refractivity contribution in [3.05, 3.63) is 66.2 Å². The molecule has 3 aromatic rings. The minimum absolute atomic E-state index is 0.141. The molecule has 1 fully saturated rings. The van der Waals surface area contributed by atoms with Gasteiger partial charge in [0, 0.05) is 17.7 Å². The van der Waals surface area contributed by atoms with Crippen LogP contribution in [0.4, 0.5) is 5.82 Å². The van der Waals surface area contributed by atoms with Crippen LogP contribution in [0.15, 0.2) is 59.2 Å². The van der Waals surface area contributed by atoms with Crippen LogP contribution in [-0.2, 0) is 6.54 Å². The molecule has 29 heavy (non-hydrogen) atoms. The molecule has 0 saturated heterocycles. The molecule has 0 bridgehead atoms. The Kier molecular flexibility index (Phi) is 6.19. The summed E-state index contributed by atoms with van der Waals surface area (Å²) in [6.45, 7) is 0.488. The molecule has 6 heteroatoms. The van der Waals surface area contributed by atoms with Gasteiger partial charge in [-0.05, 0) is 25.0 Å². The van der Waals surface area contributed by atoms with Crippen LogP contribution >= 0.6 is 0 Å². The molecule has 1 saturated carbocycles. The molecule has 1 aliphatic rings. The van der Waals surface area contributed by atoms with Crippen LogP contribution in [0.5, 0.6) is 0 Å². The summed E-state index contributed by atoms with van der Waals surface area (Å²) in [6.07, 6.45) is 8.54. The number of carbonyl (C=O) groups is 1. The van der Waals surface area contributed by atoms with Gasteiger partial charge in [0.1, 0.15) is 17.3 Å². The number of hydrogen-bond acceptors (Lipinski definition) is 5. The molecule has 1 amide bonds. The molecule has 0 unspecified atom stereocenters. The fourth-order valence-corrected chi connectivity index (χ4v) is 3.64. The minimum Gasteiger partial charge on any atom is -0.467 e. The lowest BCUT2D eigenvalue weighted by Crippen LogP contribution is -2.35. The van der Waals surface area contributed by atoms with Gasteiger partial charge in [-0.1, -0.05) is 56.0 Å². The topological polar surface area (TPSA) is 80.0 Å². The Balaban J connectivity index is 1.57. The van der Waals surface area contributed by atoms with Crippen LogP contribution in [0.3, 0.4) is 0 Å². The first kappa shape index (κ1) is 19.2. The monoisotopic (exact) mass is 390 g/mol. The van der Waals surface area contributed by atoms with Gasteiger partial charge in [-0.25, -0.2) is 9.97 Å². The number of benzene rings is 1. The lowest BCUT2D eigenvalue weighted by molar-refractivity contribution is 0.0928. The molecular formula is C23H26N4O2. The second kappa shape index (κ2) is 9.37. The van der Waals surface area contributed by atoms with E-state index in [4.69, 9.17) is 4.42 Å². The Labute approximate surface area is 170 Å². The molecule has 0 aliphatic heterocycles. The second-order valence-corrected chi connectivity index (χ2v) is 7.42. The van der Waals surface area contributed by atoms with E-state index >= 15 is 0 Å². The van der Waals surface area contributed by atoms with Crippen LogP contribution in [0.2, 0.25) is 0 Å². The molecule has 4 rings (SSSR count). The van der Waals surface area contributed by atoms with Crippen molar-refractivity contribution >= 4 is 11.7 Å². The van der Waals surface area contributed by atoms with Gasteiger partial charge in [-0.15, -0.1) is 0 Å². The van der Waals surface area contributed by atoms with Gasteiger partial charge >= 0.3 is 0 Å². The van der Waals surface area contributed by atoms with Gasteiger partial charge in [0.05, 0.1) is 12.8 Å². The molecule has 1 aromatic carbocycles. The Morgan fingerprint density at radius 1 is 1.00 bits per heavy atom. The van der Waals surface area contributed by atoms with Crippen LogP contribution in [0.1, 0.15) is 54.8 Å². The van der Waals surface area contributed by atoms with E-state index in [0.717, 1.165) is 24.2 Å². The van der Waals surface area contributed by atoms with Crippen LogP contribution < -0.4 is 10.6 Å². The molecule has 0 radical (unpaired) electrons. The highest BCUT2D eigenvalue weighted by Crippen LogP contribution is 2.20. The number of carbonyl (C=O) groups excluding carboxylic acids is 1. The first-order chi connectivity index (χ1) is 14.3. The third-order valence-corrected chi connectivity index (χ3v) is 5.21. The Hall–Kier alpha value is -3.15. The van der Waals surface area contributed by atoms with Crippen molar-refractivity contribution in [3.63, 3.8) is 0 Å². The maximum Gasteiger partial charge on any atom is 0.270 e. The lowest BCUT2D eigenvalue weighted by Gasteiger charge is -2.16. The summed E-state index contributed by atoms with van der Waals surface area (Å²) < 4.78 is 5.37. The van der Waals surface area contributed by atoms with E-state index in [2.05, 4.69) is 20.6 Å². The molecular weight excluding hydrogens is 364 g/mol. The zero-order chi connectivity index (χ0) is 19.9. The number of rotatable bonds is 6. The molecule has 0 atom stereocenters. The molecule has 6 nitrogen and oxygen atoms in total. The zero-order valence-corrected chi connectivity index (χ0v) is 16.4. The molecule has 2 N–H and O–H groups in total. The Morgan fingerprint density at radius 2 is 1.79 bits per heavy atom. The third-order valence-electron chi connectivity index (χ3n) is 5.21. The Bertz CT molecular complexity index is 917. The van der Waals surface area contributed by atoms with E-state index in [9.17, 15) is 4.79 Å². The van der Waals surface area contributed by atoms with Gasteiger partial charge in [0.25, 0.3) is 5.91 Å². The highest BCUT2D eigenvalue weighted by atomic mass is 16.3. The summed E-state index contributed by atoms with van der Waals surface area (Å²) in [5.74, 6) is 1.79. The SMILES string of the molecule is O=C(NC1CCCCCC1)c1cc(NCc2ccco2)nc(-c2ccccc2)n1. The van der Waals surface area contributed by atoms with Crippen molar-refractivity contribution in [1.29, 1.82) is 0 Å². The molecule has 2 heterocycles. The van der Waals surface area contributed by atoms with E-state index in [1.165, 1.54) is 25.7 Å². The lowest BCUT2D eigenvalue weighted by atomic mass is 10.1. The largest absolute Gasteiger partial charge is 0.467 e. The number of hydrogen-bond donors (Lipinski definition) is 2. The third kappa shape index (κ3) is 5.22. The maximum absolute atomic E-state index is 12.9. The number of furan rings is 1. The van der Waals surface area contributed by atoms with Crippen molar-refractivity contribution in [2.45, 2.75) is 51.1 Å². The predicted molar refractivity (Wildman–Crippen MR) is 112 cm³/mol. The van der Waals surface area contributed by atoms with Crippen molar-refractivity contribution in [2.75, 3.05) is 5.32 Å². The normalized spacial score (nSPS) is 14.9. The standard InChI is InChI=1S/C23H26N4O2/c28-23(25-18-11-6-1-2-7-12-18)20-15-21(24-16-19-13-8-14-29-19)27-22(26-20)17-9-4-3-5-10-17/h3-5,8-10,13-15,18H,1-2,6-7,11-12,16H2,(H,25,28)(H,24,26,27). The first-order valence-electron chi connectivity index (χ1n) is 10.3. The summed E-state index contributed by atoms with van der Waals surface area (Å²) in [6, 6.07) is 15.4. The quantitative estimate of drug-likeness (QED) is 0.591. The van der Waals surface area contributed by atoms with Crippen LogP contribution in [0, 0.1) is 0 Å². The molecule has 0 spiro atoms. The first-order valence-corrected chi connectivity index (χ1v) is 10.3. The summed E-state index contributed by atoms with van der Waals surface area (Å²) in [4.78, 5) is 22.1. The molecule has 1 aliphatic carbocycles.